The third kappa shape index (κ3) is 4.34. The Kier molecular flexibility index (Phi) is 6.81. The van der Waals surface area contributed by atoms with Crippen molar-refractivity contribution in [2.24, 2.45) is 0 Å². The highest BCUT2D eigenvalue weighted by molar-refractivity contribution is 6.46. The molecule has 3 rings (SSSR count). The Morgan fingerprint density at radius 3 is 2.42 bits per heavy atom. The molecule has 1 atom stereocenters. The van der Waals surface area contributed by atoms with Crippen molar-refractivity contribution in [3.05, 3.63) is 59.2 Å². The van der Waals surface area contributed by atoms with E-state index in [2.05, 4.69) is 0 Å². The molecule has 1 aliphatic rings. The molecule has 0 radical (unpaired) electrons. The number of likely N-dealkylation sites (tertiary alicyclic amines) is 1. The fourth-order valence-electron chi connectivity index (χ4n) is 3.54. The Hall–Kier alpha value is -3.52. The zero-order chi connectivity index (χ0) is 22.5. The van der Waals surface area contributed by atoms with Crippen LogP contribution in [-0.4, -0.2) is 60.8 Å². The van der Waals surface area contributed by atoms with E-state index in [1.54, 1.807) is 30.3 Å². The fourth-order valence-corrected chi connectivity index (χ4v) is 3.54. The number of amides is 1. The van der Waals surface area contributed by atoms with E-state index in [0.717, 1.165) is 0 Å². The second-order valence-corrected chi connectivity index (χ2v) is 6.87. The van der Waals surface area contributed by atoms with Crippen LogP contribution in [0.3, 0.4) is 0 Å². The van der Waals surface area contributed by atoms with Gasteiger partial charge in [-0.25, -0.2) is 0 Å². The van der Waals surface area contributed by atoms with Gasteiger partial charge in [0.25, 0.3) is 11.7 Å². The van der Waals surface area contributed by atoms with Crippen LogP contribution in [-0.2, 0) is 14.3 Å². The molecule has 164 valence electrons. The number of phenolic OH excluding ortho intramolecular Hbond substituents is 1. The first-order valence-electron chi connectivity index (χ1n) is 9.80. The lowest BCUT2D eigenvalue weighted by Crippen LogP contribution is -2.32. The molecule has 0 saturated carbocycles. The molecule has 0 aromatic heterocycles. The summed E-state index contributed by atoms with van der Waals surface area (Å²) in [4.78, 5) is 27.0. The lowest BCUT2D eigenvalue weighted by Gasteiger charge is -2.25. The maximum Gasteiger partial charge on any atom is 0.295 e. The number of phenols is 1. The number of aliphatic hydroxyl groups excluding tert-OH is 1. The summed E-state index contributed by atoms with van der Waals surface area (Å²) in [6.45, 7) is 2.72. The predicted octanol–water partition coefficient (Wildman–Crippen LogP) is 2.87. The monoisotopic (exact) mass is 427 g/mol. The Balaban J connectivity index is 2.13. The molecule has 1 fully saturated rings. The van der Waals surface area contributed by atoms with Crippen molar-refractivity contribution in [1.29, 1.82) is 0 Å². The second kappa shape index (κ2) is 9.53. The molecular formula is C23H25NO7. The minimum absolute atomic E-state index is 0.0435. The van der Waals surface area contributed by atoms with E-state index < -0.39 is 17.7 Å². The fraction of sp³-hybridized carbons (Fsp3) is 0.304. The number of carbonyl (C=O) groups is 2. The minimum atomic E-state index is -0.865. The van der Waals surface area contributed by atoms with Crippen LogP contribution in [0.5, 0.6) is 17.2 Å². The largest absolute Gasteiger partial charge is 0.507 e. The molecule has 31 heavy (non-hydrogen) atoms. The number of rotatable bonds is 8. The molecule has 2 aromatic rings. The molecule has 0 bridgehead atoms. The SMILES string of the molecule is CCOc1ccc(C(O)=C2C(=O)C(=O)N(CCOC)[C@@H]2c2ccc(O)c(OC)c2)cc1. The molecule has 0 spiro atoms. The van der Waals surface area contributed by atoms with E-state index in [4.69, 9.17) is 14.2 Å². The molecule has 1 aliphatic heterocycles. The highest BCUT2D eigenvalue weighted by Crippen LogP contribution is 2.41. The maximum atomic E-state index is 12.9. The number of carbonyl (C=O) groups excluding carboxylic acids is 2. The van der Waals surface area contributed by atoms with Crippen molar-refractivity contribution >= 4 is 17.4 Å². The minimum Gasteiger partial charge on any atom is -0.507 e. The van der Waals surface area contributed by atoms with Crippen LogP contribution < -0.4 is 9.47 Å². The first-order valence-corrected chi connectivity index (χ1v) is 9.80. The third-order valence-electron chi connectivity index (χ3n) is 5.03. The molecule has 2 N–H and O–H groups in total. The standard InChI is InChI=1S/C23H25NO7/c1-4-31-16-8-5-14(6-9-16)21(26)19-20(15-7-10-17(25)18(13-15)30-3)24(11-12-29-2)23(28)22(19)27/h5-10,13,20,25-26H,4,11-12H2,1-3H3/t20-/m1/s1. The van der Waals surface area contributed by atoms with Crippen molar-refractivity contribution in [2.45, 2.75) is 13.0 Å². The van der Waals surface area contributed by atoms with Crippen molar-refractivity contribution < 1.29 is 34.0 Å². The molecule has 1 heterocycles. The van der Waals surface area contributed by atoms with Crippen LogP contribution in [0.25, 0.3) is 5.76 Å². The Morgan fingerprint density at radius 2 is 1.81 bits per heavy atom. The van der Waals surface area contributed by atoms with E-state index >= 15 is 0 Å². The van der Waals surface area contributed by atoms with Gasteiger partial charge in [0.2, 0.25) is 0 Å². The van der Waals surface area contributed by atoms with E-state index in [1.165, 1.54) is 31.3 Å². The Labute approximate surface area is 180 Å². The summed E-state index contributed by atoms with van der Waals surface area (Å²) in [5.41, 5.74) is 0.847. The van der Waals surface area contributed by atoms with Crippen LogP contribution in [0.2, 0.25) is 0 Å². The Morgan fingerprint density at radius 1 is 1.10 bits per heavy atom. The molecule has 1 amide bonds. The number of ether oxygens (including phenoxy) is 3. The summed E-state index contributed by atoms with van der Waals surface area (Å²) in [6, 6.07) is 10.3. The number of nitrogens with zero attached hydrogens (tertiary/aromatic N) is 1. The van der Waals surface area contributed by atoms with Gasteiger partial charge in [0, 0.05) is 19.2 Å². The van der Waals surface area contributed by atoms with Gasteiger partial charge in [-0.1, -0.05) is 6.07 Å². The zero-order valence-electron chi connectivity index (χ0n) is 17.6. The van der Waals surface area contributed by atoms with Crippen LogP contribution in [0.4, 0.5) is 0 Å². The van der Waals surface area contributed by atoms with Gasteiger partial charge in [0.1, 0.15) is 11.5 Å². The van der Waals surface area contributed by atoms with E-state index in [1.807, 2.05) is 6.92 Å². The molecule has 1 saturated heterocycles. The summed E-state index contributed by atoms with van der Waals surface area (Å²) in [5, 5.41) is 21.0. The zero-order valence-corrected chi connectivity index (χ0v) is 17.6. The van der Waals surface area contributed by atoms with Gasteiger partial charge in [0.05, 0.1) is 31.9 Å². The van der Waals surface area contributed by atoms with E-state index in [9.17, 15) is 19.8 Å². The van der Waals surface area contributed by atoms with Crippen molar-refractivity contribution in [1.82, 2.24) is 4.90 Å². The van der Waals surface area contributed by atoms with E-state index in [0.29, 0.717) is 23.5 Å². The Bertz CT molecular complexity index is 997. The maximum absolute atomic E-state index is 12.9. The number of hydrogen-bond acceptors (Lipinski definition) is 7. The third-order valence-corrected chi connectivity index (χ3v) is 5.03. The number of hydrogen-bond donors (Lipinski definition) is 2. The lowest BCUT2D eigenvalue weighted by molar-refractivity contribution is -0.140. The quantitative estimate of drug-likeness (QED) is 0.379. The first kappa shape index (κ1) is 22.2. The topological polar surface area (TPSA) is 106 Å². The highest BCUT2D eigenvalue weighted by atomic mass is 16.5. The molecular weight excluding hydrogens is 402 g/mol. The van der Waals surface area contributed by atoms with Crippen molar-refractivity contribution in [3.8, 4) is 17.2 Å². The van der Waals surface area contributed by atoms with Gasteiger partial charge in [-0.3, -0.25) is 9.59 Å². The lowest BCUT2D eigenvalue weighted by atomic mass is 9.95. The van der Waals surface area contributed by atoms with Crippen LogP contribution in [0.15, 0.2) is 48.0 Å². The van der Waals surface area contributed by atoms with Crippen LogP contribution in [0.1, 0.15) is 24.1 Å². The summed E-state index contributed by atoms with van der Waals surface area (Å²) < 4.78 is 15.7. The van der Waals surface area contributed by atoms with Crippen LogP contribution in [0, 0.1) is 0 Å². The summed E-state index contributed by atoms with van der Waals surface area (Å²) in [5.74, 6) is -1.08. The van der Waals surface area contributed by atoms with E-state index in [-0.39, 0.29) is 36.0 Å². The van der Waals surface area contributed by atoms with Crippen LogP contribution >= 0.6 is 0 Å². The number of Topliss-reactive ketones (excluding diaryl/α,β-unsaturated/α-hetero) is 1. The van der Waals surface area contributed by atoms with Crippen molar-refractivity contribution in [3.63, 3.8) is 0 Å². The number of benzene rings is 2. The average Bonchev–Trinajstić information content (AvgIpc) is 3.03. The number of aromatic hydroxyl groups is 1. The molecule has 2 aromatic carbocycles. The first-order chi connectivity index (χ1) is 14.9. The average molecular weight is 427 g/mol. The summed E-state index contributed by atoms with van der Waals surface area (Å²) in [6.07, 6.45) is 0. The van der Waals surface area contributed by atoms with Crippen molar-refractivity contribution in [2.75, 3.05) is 34.0 Å². The number of ketones is 1. The van der Waals surface area contributed by atoms with Gasteiger partial charge in [-0.15, -0.1) is 0 Å². The second-order valence-electron chi connectivity index (χ2n) is 6.87. The summed E-state index contributed by atoms with van der Waals surface area (Å²) in [7, 11) is 2.90. The molecule has 0 aliphatic carbocycles. The summed E-state index contributed by atoms with van der Waals surface area (Å²) >= 11 is 0. The molecule has 0 unspecified atom stereocenters. The van der Waals surface area contributed by atoms with Gasteiger partial charge < -0.3 is 29.3 Å². The smallest absolute Gasteiger partial charge is 0.295 e. The van der Waals surface area contributed by atoms with Gasteiger partial charge >= 0.3 is 0 Å². The molecule has 8 nitrogen and oxygen atoms in total. The van der Waals surface area contributed by atoms with Gasteiger partial charge in [-0.2, -0.15) is 0 Å². The van der Waals surface area contributed by atoms with Gasteiger partial charge in [-0.05, 0) is 48.9 Å². The number of methoxy groups -OCH3 is 2. The van der Waals surface area contributed by atoms with Gasteiger partial charge in [0.15, 0.2) is 11.5 Å². The predicted molar refractivity (Wildman–Crippen MR) is 113 cm³/mol. The molecule has 8 heteroatoms. The normalized spacial score (nSPS) is 17.8. The number of aliphatic hydroxyl groups is 1. The highest BCUT2D eigenvalue weighted by Gasteiger charge is 2.46.